The van der Waals surface area contributed by atoms with Gasteiger partial charge in [0.2, 0.25) is 0 Å². The molecule has 1 unspecified atom stereocenters. The summed E-state index contributed by atoms with van der Waals surface area (Å²) in [5.74, 6) is 0. The fourth-order valence-electron chi connectivity index (χ4n) is 2.22. The molecule has 2 aromatic carbocycles. The highest BCUT2D eigenvalue weighted by atomic mass is 35.5. The van der Waals surface area contributed by atoms with E-state index in [0.717, 1.165) is 22.2 Å². The van der Waals surface area contributed by atoms with E-state index < -0.39 is 0 Å². The maximum absolute atomic E-state index is 5.97. The number of nitrogens with zero attached hydrogens (tertiary/aromatic N) is 2. The first-order valence-corrected chi connectivity index (χ1v) is 9.14. The van der Waals surface area contributed by atoms with Crippen molar-refractivity contribution in [1.29, 1.82) is 0 Å². The van der Waals surface area contributed by atoms with E-state index >= 15 is 0 Å². The quantitative estimate of drug-likeness (QED) is 0.487. The summed E-state index contributed by atoms with van der Waals surface area (Å²) in [4.78, 5) is 5.30. The average molecular weight is 375 g/mol. The molecule has 0 amide bonds. The van der Waals surface area contributed by atoms with E-state index in [2.05, 4.69) is 21.7 Å². The molecule has 0 N–H and O–H groups in total. The Morgan fingerprint density at radius 1 is 1.00 bits per heavy atom. The van der Waals surface area contributed by atoms with Gasteiger partial charge in [0.05, 0.1) is 6.33 Å². The van der Waals surface area contributed by atoms with Gasteiger partial charge in [-0.2, -0.15) is 0 Å². The SMILES string of the molecule is Clc1ccc(/C=C/C(Cn2ccnc2)Sc2ccc(Cl)cc2)cc1. The third kappa shape index (κ3) is 5.17. The Labute approximate surface area is 156 Å². The molecule has 1 atom stereocenters. The summed E-state index contributed by atoms with van der Waals surface area (Å²) < 4.78 is 2.08. The molecule has 0 saturated heterocycles. The van der Waals surface area contributed by atoms with Crippen molar-refractivity contribution in [2.24, 2.45) is 0 Å². The van der Waals surface area contributed by atoms with Crippen LogP contribution in [0.5, 0.6) is 0 Å². The van der Waals surface area contributed by atoms with Crippen molar-refractivity contribution in [3.8, 4) is 0 Å². The number of hydrogen-bond acceptors (Lipinski definition) is 2. The molecule has 0 spiro atoms. The molecule has 2 nitrogen and oxygen atoms in total. The second kappa shape index (κ2) is 8.43. The summed E-state index contributed by atoms with van der Waals surface area (Å²) in [6.07, 6.45) is 9.95. The zero-order chi connectivity index (χ0) is 16.8. The maximum atomic E-state index is 5.97. The van der Waals surface area contributed by atoms with Crippen LogP contribution < -0.4 is 0 Å². The highest BCUT2D eigenvalue weighted by Gasteiger charge is 2.08. The van der Waals surface area contributed by atoms with Crippen molar-refractivity contribution in [3.63, 3.8) is 0 Å². The van der Waals surface area contributed by atoms with Gasteiger partial charge in [-0.05, 0) is 42.0 Å². The fourth-order valence-corrected chi connectivity index (χ4v) is 3.52. The number of hydrogen-bond donors (Lipinski definition) is 0. The number of thioether (sulfide) groups is 1. The molecule has 0 fully saturated rings. The minimum atomic E-state index is 0.274. The smallest absolute Gasteiger partial charge is 0.0946 e. The predicted molar refractivity (Wildman–Crippen MR) is 104 cm³/mol. The van der Waals surface area contributed by atoms with E-state index in [1.807, 2.05) is 61.1 Å². The van der Waals surface area contributed by atoms with Crippen molar-refractivity contribution in [2.45, 2.75) is 16.7 Å². The van der Waals surface area contributed by atoms with Gasteiger partial charge >= 0.3 is 0 Å². The third-order valence-corrected chi connectivity index (χ3v) is 5.08. The Bertz CT molecular complexity index is 781. The van der Waals surface area contributed by atoms with Gasteiger partial charge in [0.15, 0.2) is 0 Å². The van der Waals surface area contributed by atoms with Gasteiger partial charge in [-0.15, -0.1) is 11.8 Å². The molecule has 3 rings (SSSR count). The van der Waals surface area contributed by atoms with Gasteiger partial charge in [-0.3, -0.25) is 0 Å². The first-order valence-electron chi connectivity index (χ1n) is 7.51. The van der Waals surface area contributed by atoms with Crippen LogP contribution in [0.1, 0.15) is 5.56 Å². The van der Waals surface area contributed by atoms with E-state index in [4.69, 9.17) is 23.2 Å². The number of aromatic nitrogens is 2. The normalized spacial score (nSPS) is 12.6. The Balaban J connectivity index is 1.75. The van der Waals surface area contributed by atoms with E-state index in [1.54, 1.807) is 18.0 Å². The molecule has 5 heteroatoms. The van der Waals surface area contributed by atoms with Crippen molar-refractivity contribution in [2.75, 3.05) is 0 Å². The van der Waals surface area contributed by atoms with Gasteiger partial charge in [0.1, 0.15) is 0 Å². The van der Waals surface area contributed by atoms with Gasteiger partial charge in [-0.1, -0.05) is 47.5 Å². The molecule has 0 radical (unpaired) electrons. The maximum Gasteiger partial charge on any atom is 0.0946 e. The Morgan fingerprint density at radius 2 is 1.67 bits per heavy atom. The first-order chi connectivity index (χ1) is 11.7. The lowest BCUT2D eigenvalue weighted by Crippen LogP contribution is -2.09. The second-order valence-corrected chi connectivity index (χ2v) is 7.47. The summed E-state index contributed by atoms with van der Waals surface area (Å²) in [5, 5.41) is 1.77. The highest BCUT2D eigenvalue weighted by molar-refractivity contribution is 8.00. The number of imidazole rings is 1. The Hall–Kier alpha value is -1.68. The lowest BCUT2D eigenvalue weighted by atomic mass is 10.2. The van der Waals surface area contributed by atoms with Crippen molar-refractivity contribution in [3.05, 3.63) is 88.9 Å². The summed E-state index contributed by atoms with van der Waals surface area (Å²) in [6, 6.07) is 15.8. The van der Waals surface area contributed by atoms with Crippen molar-refractivity contribution >= 4 is 41.0 Å². The van der Waals surface area contributed by atoms with Gasteiger partial charge in [-0.25, -0.2) is 4.98 Å². The predicted octanol–water partition coefficient (Wildman–Crippen LogP) is 6.06. The molecule has 0 aliphatic heterocycles. The largest absolute Gasteiger partial charge is 0.336 e. The van der Waals surface area contributed by atoms with Crippen molar-refractivity contribution < 1.29 is 0 Å². The first kappa shape index (κ1) is 17.2. The molecule has 24 heavy (non-hydrogen) atoms. The monoisotopic (exact) mass is 374 g/mol. The van der Waals surface area contributed by atoms with E-state index in [-0.39, 0.29) is 5.25 Å². The number of rotatable bonds is 6. The zero-order valence-electron chi connectivity index (χ0n) is 12.8. The summed E-state index contributed by atoms with van der Waals surface area (Å²) in [5.41, 5.74) is 1.13. The minimum Gasteiger partial charge on any atom is -0.336 e. The van der Waals surface area contributed by atoms with Crippen LogP contribution in [-0.4, -0.2) is 14.8 Å². The van der Waals surface area contributed by atoms with Crippen LogP contribution in [0.25, 0.3) is 6.08 Å². The second-order valence-electron chi connectivity index (χ2n) is 5.28. The molecule has 0 aliphatic carbocycles. The standard InChI is InChI=1S/C19H16Cl2N2S/c20-16-4-1-15(2-5-16)3-8-19(13-23-12-11-22-14-23)24-18-9-6-17(21)7-10-18/h1-12,14,19H,13H2/b8-3+. The summed E-state index contributed by atoms with van der Waals surface area (Å²) in [7, 11) is 0. The van der Waals surface area contributed by atoms with Gasteiger partial charge in [0.25, 0.3) is 0 Å². The van der Waals surface area contributed by atoms with Crippen LogP contribution in [-0.2, 0) is 6.54 Å². The Morgan fingerprint density at radius 3 is 2.29 bits per heavy atom. The summed E-state index contributed by atoms with van der Waals surface area (Å²) >= 11 is 13.7. The summed E-state index contributed by atoms with van der Waals surface area (Å²) in [6.45, 7) is 0.845. The van der Waals surface area contributed by atoms with Crippen LogP contribution in [0.3, 0.4) is 0 Å². The molecule has 0 aliphatic rings. The van der Waals surface area contributed by atoms with E-state index in [9.17, 15) is 0 Å². The topological polar surface area (TPSA) is 17.8 Å². The highest BCUT2D eigenvalue weighted by Crippen LogP contribution is 2.27. The average Bonchev–Trinajstić information content (AvgIpc) is 3.09. The molecule has 0 bridgehead atoms. The molecular weight excluding hydrogens is 359 g/mol. The minimum absolute atomic E-state index is 0.274. The third-order valence-electron chi connectivity index (χ3n) is 3.42. The van der Waals surface area contributed by atoms with Crippen LogP contribution in [0, 0.1) is 0 Å². The fraction of sp³-hybridized carbons (Fsp3) is 0.105. The number of halogens is 2. The van der Waals surface area contributed by atoms with E-state index in [1.165, 1.54) is 4.90 Å². The van der Waals surface area contributed by atoms with Gasteiger partial charge < -0.3 is 4.57 Å². The molecule has 3 aromatic rings. The van der Waals surface area contributed by atoms with Crippen LogP contribution in [0.2, 0.25) is 10.0 Å². The lowest BCUT2D eigenvalue weighted by molar-refractivity contribution is 0.720. The lowest BCUT2D eigenvalue weighted by Gasteiger charge is -2.13. The molecular formula is C19H16Cl2N2S. The van der Waals surface area contributed by atoms with Gasteiger partial charge in [0, 0.05) is 39.1 Å². The van der Waals surface area contributed by atoms with Crippen molar-refractivity contribution in [1.82, 2.24) is 9.55 Å². The molecule has 1 aromatic heterocycles. The zero-order valence-corrected chi connectivity index (χ0v) is 15.2. The Kier molecular flexibility index (Phi) is 6.02. The van der Waals surface area contributed by atoms with E-state index in [0.29, 0.717) is 0 Å². The van der Waals surface area contributed by atoms with Crippen LogP contribution in [0.15, 0.2) is 78.2 Å². The van der Waals surface area contributed by atoms with Crippen LogP contribution >= 0.6 is 35.0 Å². The molecule has 0 saturated carbocycles. The number of benzene rings is 2. The molecule has 1 heterocycles. The molecule has 122 valence electrons. The van der Waals surface area contributed by atoms with Crippen LogP contribution in [0.4, 0.5) is 0 Å².